The van der Waals surface area contributed by atoms with E-state index in [-0.39, 0.29) is 12.2 Å². The molecule has 0 aliphatic heterocycles. The molecule has 162 valence electrons. The van der Waals surface area contributed by atoms with E-state index in [0.29, 0.717) is 12.2 Å². The molecule has 0 saturated heterocycles. The van der Waals surface area contributed by atoms with Gasteiger partial charge in [-0.25, -0.2) is 0 Å². The van der Waals surface area contributed by atoms with Crippen LogP contribution in [-0.2, 0) is 4.74 Å². The van der Waals surface area contributed by atoms with E-state index >= 15 is 0 Å². The molecule has 0 amide bonds. The highest BCUT2D eigenvalue weighted by molar-refractivity contribution is 4.84. The van der Waals surface area contributed by atoms with Crippen LogP contribution in [0.25, 0.3) is 0 Å². The van der Waals surface area contributed by atoms with E-state index in [4.69, 9.17) is 4.74 Å². The molecule has 4 fully saturated rings. The van der Waals surface area contributed by atoms with E-state index < -0.39 is 0 Å². The Morgan fingerprint density at radius 3 is 1.32 bits per heavy atom. The summed E-state index contributed by atoms with van der Waals surface area (Å²) in [7, 11) is 0. The van der Waals surface area contributed by atoms with Gasteiger partial charge in [-0.05, 0) is 133 Å². The van der Waals surface area contributed by atoms with Crippen LogP contribution < -0.4 is 0 Å². The van der Waals surface area contributed by atoms with E-state index in [2.05, 4.69) is 0 Å². The van der Waals surface area contributed by atoms with Crippen molar-refractivity contribution in [2.24, 2.45) is 23.7 Å². The van der Waals surface area contributed by atoms with Gasteiger partial charge in [-0.1, -0.05) is 0 Å². The molecule has 0 unspecified atom stereocenters. The van der Waals surface area contributed by atoms with Crippen LogP contribution >= 0.6 is 0 Å². The minimum absolute atomic E-state index is 0.0137. The zero-order chi connectivity index (χ0) is 19.3. The Kier molecular flexibility index (Phi) is 7.74. The summed E-state index contributed by atoms with van der Waals surface area (Å²) < 4.78 is 6.56. The smallest absolute Gasteiger partial charge is 0.0579 e. The van der Waals surface area contributed by atoms with Gasteiger partial charge in [-0.2, -0.15) is 0 Å². The van der Waals surface area contributed by atoms with Crippen LogP contribution in [0.3, 0.4) is 0 Å². The highest BCUT2D eigenvalue weighted by Crippen LogP contribution is 2.41. The van der Waals surface area contributed by atoms with E-state index in [0.717, 1.165) is 49.4 Å². The molecular formula is C25H44O3. The minimum atomic E-state index is -0.0178. The lowest BCUT2D eigenvalue weighted by molar-refractivity contribution is -0.0627. The van der Waals surface area contributed by atoms with Crippen molar-refractivity contribution >= 4 is 0 Å². The van der Waals surface area contributed by atoms with Crippen LogP contribution in [0.15, 0.2) is 0 Å². The van der Waals surface area contributed by atoms with Crippen LogP contribution in [-0.4, -0.2) is 34.6 Å². The summed E-state index contributed by atoms with van der Waals surface area (Å²) >= 11 is 0. The highest BCUT2D eigenvalue weighted by atomic mass is 16.5. The third kappa shape index (κ3) is 5.95. The molecule has 3 nitrogen and oxygen atoms in total. The van der Waals surface area contributed by atoms with Crippen molar-refractivity contribution in [3.63, 3.8) is 0 Å². The van der Waals surface area contributed by atoms with Gasteiger partial charge in [-0.3, -0.25) is 0 Å². The maximum Gasteiger partial charge on any atom is 0.0579 e. The zero-order valence-electron chi connectivity index (χ0n) is 17.9. The average Bonchev–Trinajstić information content (AvgIpc) is 2.72. The van der Waals surface area contributed by atoms with E-state index in [9.17, 15) is 10.2 Å². The van der Waals surface area contributed by atoms with Gasteiger partial charge in [0.15, 0.2) is 0 Å². The van der Waals surface area contributed by atoms with Crippen molar-refractivity contribution in [3.8, 4) is 0 Å². The molecular weight excluding hydrogens is 348 g/mol. The first-order valence-corrected chi connectivity index (χ1v) is 12.7. The maximum absolute atomic E-state index is 9.74. The summed E-state index contributed by atoms with van der Waals surface area (Å²) in [6.07, 6.45) is 22.1. The number of hydrogen-bond acceptors (Lipinski definition) is 3. The SMILES string of the molecule is OC1CCC(CC2CCC(OC3CCC(C4CCC(O)CC4)CC3)CC2)CC1. The van der Waals surface area contributed by atoms with Gasteiger partial charge in [0.25, 0.3) is 0 Å². The van der Waals surface area contributed by atoms with Crippen molar-refractivity contribution in [3.05, 3.63) is 0 Å². The second kappa shape index (κ2) is 10.3. The first-order chi connectivity index (χ1) is 13.7. The molecule has 2 N–H and O–H groups in total. The summed E-state index contributed by atoms with van der Waals surface area (Å²) in [4.78, 5) is 0. The lowest BCUT2D eigenvalue weighted by atomic mass is 9.72. The van der Waals surface area contributed by atoms with Gasteiger partial charge >= 0.3 is 0 Å². The molecule has 0 atom stereocenters. The zero-order valence-corrected chi connectivity index (χ0v) is 17.9. The summed E-state index contributed by atoms with van der Waals surface area (Å²) in [5, 5.41) is 19.4. The van der Waals surface area contributed by atoms with Crippen molar-refractivity contribution < 1.29 is 14.9 Å². The molecule has 4 rings (SSSR count). The number of rotatable bonds is 5. The molecule has 28 heavy (non-hydrogen) atoms. The third-order valence-corrected chi connectivity index (χ3v) is 8.79. The fourth-order valence-electron chi connectivity index (χ4n) is 6.90. The Morgan fingerprint density at radius 1 is 0.464 bits per heavy atom. The van der Waals surface area contributed by atoms with Gasteiger partial charge in [0.1, 0.15) is 0 Å². The lowest BCUT2D eigenvalue weighted by Gasteiger charge is -2.39. The fraction of sp³-hybridized carbons (Fsp3) is 1.00. The molecule has 4 aliphatic rings. The van der Waals surface area contributed by atoms with Crippen molar-refractivity contribution in [1.29, 1.82) is 0 Å². The molecule has 3 heteroatoms. The van der Waals surface area contributed by atoms with Gasteiger partial charge in [0.2, 0.25) is 0 Å². The number of hydrogen-bond donors (Lipinski definition) is 2. The fourth-order valence-corrected chi connectivity index (χ4v) is 6.90. The van der Waals surface area contributed by atoms with E-state index in [1.807, 2.05) is 0 Å². The molecule has 0 spiro atoms. The monoisotopic (exact) mass is 392 g/mol. The number of ether oxygens (including phenoxy) is 1. The molecule has 0 aromatic heterocycles. The Hall–Kier alpha value is -0.120. The van der Waals surface area contributed by atoms with E-state index in [1.165, 1.54) is 83.5 Å². The third-order valence-electron chi connectivity index (χ3n) is 8.79. The Labute approximate surface area is 172 Å². The number of aliphatic hydroxyl groups excluding tert-OH is 2. The molecule has 0 aromatic rings. The van der Waals surface area contributed by atoms with Crippen molar-refractivity contribution in [2.75, 3.05) is 0 Å². The summed E-state index contributed by atoms with van der Waals surface area (Å²) in [5.74, 6) is 3.57. The average molecular weight is 393 g/mol. The lowest BCUT2D eigenvalue weighted by Crippen LogP contribution is -2.33. The highest BCUT2D eigenvalue weighted by Gasteiger charge is 2.32. The van der Waals surface area contributed by atoms with Crippen molar-refractivity contribution in [2.45, 2.75) is 134 Å². The minimum Gasteiger partial charge on any atom is -0.393 e. The topological polar surface area (TPSA) is 49.7 Å². The molecule has 0 heterocycles. The van der Waals surface area contributed by atoms with Gasteiger partial charge < -0.3 is 14.9 Å². The maximum atomic E-state index is 9.74. The second-order valence-electron chi connectivity index (χ2n) is 10.8. The van der Waals surface area contributed by atoms with Crippen molar-refractivity contribution in [1.82, 2.24) is 0 Å². The standard InChI is InChI=1S/C25H44O3/c26-22-9-1-18(2-10-22)17-19-3-13-24(14-4-19)28-25-15-7-21(8-16-25)20-5-11-23(27)12-6-20/h18-27H,1-17H2. The number of aliphatic hydroxyl groups is 2. The largest absolute Gasteiger partial charge is 0.393 e. The molecule has 0 aromatic carbocycles. The van der Waals surface area contributed by atoms with Crippen LogP contribution in [0.5, 0.6) is 0 Å². The van der Waals surface area contributed by atoms with Gasteiger partial charge in [0.05, 0.1) is 24.4 Å². The molecule has 0 bridgehead atoms. The van der Waals surface area contributed by atoms with Gasteiger partial charge in [-0.15, -0.1) is 0 Å². The van der Waals surface area contributed by atoms with Crippen LogP contribution in [0, 0.1) is 23.7 Å². The second-order valence-corrected chi connectivity index (χ2v) is 10.8. The Balaban J connectivity index is 1.10. The van der Waals surface area contributed by atoms with Crippen LogP contribution in [0.2, 0.25) is 0 Å². The summed E-state index contributed by atoms with van der Waals surface area (Å²) in [6, 6.07) is 0. The summed E-state index contributed by atoms with van der Waals surface area (Å²) in [5.41, 5.74) is 0. The van der Waals surface area contributed by atoms with E-state index in [1.54, 1.807) is 0 Å². The van der Waals surface area contributed by atoms with Gasteiger partial charge in [0, 0.05) is 0 Å². The van der Waals surface area contributed by atoms with Crippen LogP contribution in [0.4, 0.5) is 0 Å². The predicted molar refractivity (Wildman–Crippen MR) is 113 cm³/mol. The molecule has 0 radical (unpaired) electrons. The Bertz CT molecular complexity index is 435. The normalized spacial score (nSPS) is 45.6. The quantitative estimate of drug-likeness (QED) is 0.639. The first-order valence-electron chi connectivity index (χ1n) is 12.7. The van der Waals surface area contributed by atoms with Crippen LogP contribution in [0.1, 0.15) is 109 Å². The molecule has 4 aliphatic carbocycles. The molecule has 4 saturated carbocycles. The first kappa shape index (κ1) is 21.1. The predicted octanol–water partition coefficient (Wildman–Crippen LogP) is 5.61. The Morgan fingerprint density at radius 2 is 0.821 bits per heavy atom. The summed E-state index contributed by atoms with van der Waals surface area (Å²) in [6.45, 7) is 0.